The number of rotatable bonds is 16. The second kappa shape index (κ2) is 29.3. The topological polar surface area (TPSA) is 261 Å². The smallest absolute Gasteiger partial charge is 0.433 e. The minimum absolute atomic E-state index is 0.0443. The maximum absolute atomic E-state index is 14.5. The molecule has 6 aliphatic rings. The molecule has 5 unspecified atom stereocenters. The molecule has 6 fully saturated rings. The lowest BCUT2D eigenvalue weighted by Gasteiger charge is -2.52. The Morgan fingerprint density at radius 1 is 0.651 bits per heavy atom. The zero-order chi connectivity index (χ0) is 73.2. The molecule has 6 aromatic heterocycles. The Labute approximate surface area is 620 Å². The monoisotopic (exact) mass is 1490 g/mol. The molecule has 16 rings (SSSR count). The van der Waals surface area contributed by atoms with Crippen LogP contribution in [-0.4, -0.2) is 131 Å². The van der Waals surface area contributed by atoms with E-state index in [9.17, 15) is 46.7 Å². The third kappa shape index (κ3) is 14.3. The first-order valence-electron chi connectivity index (χ1n) is 36.4. The molecule has 106 heavy (non-hydrogen) atoms. The van der Waals surface area contributed by atoms with Gasteiger partial charge in [-0.25, -0.2) is 24.5 Å². The number of thiazole rings is 2. The fraction of sp³-hybridized carbons (Fsp3) is 0.410. The first-order valence-corrected chi connectivity index (χ1v) is 38.4. The number of nitrogens with one attached hydrogen (secondary N) is 4. The van der Waals surface area contributed by atoms with E-state index in [1.165, 1.54) is 30.1 Å². The molecule has 4 aliphatic heterocycles. The van der Waals surface area contributed by atoms with Crippen molar-refractivity contribution < 1.29 is 46.7 Å². The molecule has 4 N–H and O–H groups in total. The lowest BCUT2D eigenvalue weighted by Crippen LogP contribution is -2.58. The zero-order valence-corrected chi connectivity index (χ0v) is 60.8. The molecule has 22 nitrogen and oxygen atoms in total. The number of para-hydroxylation sites is 1. The van der Waals surface area contributed by atoms with Crippen LogP contribution in [0.1, 0.15) is 174 Å². The summed E-state index contributed by atoms with van der Waals surface area (Å²) in [6.07, 6.45) is 13.6. The molecular formula is C78H78ClF3N14O8S2. The number of carbonyl (C=O) groups excluding carboxylic acids is 6. The van der Waals surface area contributed by atoms with Gasteiger partial charge in [-0.05, 0) is 186 Å². The number of aryl methyl sites for hydroxylation is 1. The highest BCUT2D eigenvalue weighted by Crippen LogP contribution is 2.48. The standard InChI is InChI=1S/C78H78ClF3N14O8S2/c1-92-70-54(5-3-7-59(70)96(77(92)103)60-21-22-68(97)90-73(60)101)48-24-27-94(41-43-11-15-45(16-12-43)75-89-58-34-64(104-2)57(35-66(58)106-75)87-71(99)50-30-51(79)38-83-37-50)62(32-48)61-31-47(46-17-19-53-49(29-46)36-84-39-63(53)95-28-25-69(98)91-76(95)102)23-26-93(61)40-42-9-13-44(14-10-42)74-88-55-20-18-52(33-65(55)105-74)85-72(100)56-6-4-8-67(86-56)78(80,81)82/h3-8,17-20,29-30,33-39,42-45,47-48,60-62H,9-16,21-28,31-32,40-41H2,1-2H3,(H,85,100)(H,87,99)(H,90,97,101)(H,91,98,102)/t42-,43-,44-,45-,47?,48?,60?,61?,62?. The number of amides is 7. The van der Waals surface area contributed by atoms with Gasteiger partial charge in [-0.1, -0.05) is 41.9 Å². The van der Waals surface area contributed by atoms with Gasteiger partial charge in [0.15, 0.2) is 0 Å². The predicted molar refractivity (Wildman–Crippen MR) is 400 cm³/mol. The van der Waals surface area contributed by atoms with Crippen LogP contribution in [0, 0.1) is 11.8 Å². The molecule has 4 aromatic carbocycles. The maximum Gasteiger partial charge on any atom is 0.433 e. The van der Waals surface area contributed by atoms with Crippen LogP contribution in [0.3, 0.4) is 0 Å². The van der Waals surface area contributed by atoms with E-state index in [1.807, 2.05) is 42.6 Å². The van der Waals surface area contributed by atoms with Gasteiger partial charge in [-0.2, -0.15) is 13.2 Å². The van der Waals surface area contributed by atoms with Gasteiger partial charge < -0.3 is 15.4 Å². The van der Waals surface area contributed by atoms with Gasteiger partial charge in [0.1, 0.15) is 23.2 Å². The number of methoxy groups -OCH3 is 1. The molecule has 7 amide bonds. The molecule has 0 spiro atoms. The second-order valence-corrected chi connectivity index (χ2v) is 31.9. The Hall–Kier alpha value is -9.54. The first kappa shape index (κ1) is 70.8. The largest absolute Gasteiger partial charge is 0.494 e. The quantitative estimate of drug-likeness (QED) is 0.0656. The van der Waals surface area contributed by atoms with Crippen LogP contribution in [0.2, 0.25) is 5.02 Å². The van der Waals surface area contributed by atoms with Crippen molar-refractivity contribution in [1.29, 1.82) is 0 Å². The van der Waals surface area contributed by atoms with Gasteiger partial charge in [0, 0.05) is 105 Å². The van der Waals surface area contributed by atoms with Crippen LogP contribution >= 0.6 is 34.3 Å². The van der Waals surface area contributed by atoms with Crippen molar-refractivity contribution in [3.05, 3.63) is 169 Å². The number of imidazole rings is 1. The van der Waals surface area contributed by atoms with E-state index < -0.39 is 35.8 Å². The molecular weight excluding hydrogens is 1420 g/mol. The number of benzene rings is 4. The van der Waals surface area contributed by atoms with E-state index >= 15 is 0 Å². The van der Waals surface area contributed by atoms with E-state index in [0.29, 0.717) is 50.8 Å². The van der Waals surface area contributed by atoms with Gasteiger partial charge >= 0.3 is 17.9 Å². The molecule has 10 aromatic rings. The van der Waals surface area contributed by atoms with E-state index in [4.69, 9.17) is 26.3 Å². The summed E-state index contributed by atoms with van der Waals surface area (Å²) in [7, 11) is 3.36. The van der Waals surface area contributed by atoms with Gasteiger partial charge in [0.25, 0.3) is 11.8 Å². The SMILES string of the molecule is COc1cc2nc([C@H]3CC[C@H](CN4CCC(c5cccc6c5n(C)c(=O)n6C5CCC(=O)NC5=O)CC4C4CC(c5ccc6c(N7CCC(=O)NC7=O)cncc6c5)CCN4C[C@H]4CC[C@H](c5nc6ccc(NC(=O)c7cccc(C(F)(F)F)n7)cc6s5)CC4)CC3)sc2cc1NC(=O)c1cncc(Cl)c1. The number of ether oxygens (including phenoxy) is 1. The summed E-state index contributed by atoms with van der Waals surface area (Å²) in [5.41, 5.74) is 5.50. The van der Waals surface area contributed by atoms with Crippen molar-refractivity contribution in [2.24, 2.45) is 18.9 Å². The Morgan fingerprint density at radius 3 is 2.03 bits per heavy atom. The fourth-order valence-corrected chi connectivity index (χ4v) is 20.0. The number of pyridine rings is 3. The number of halogens is 4. The summed E-state index contributed by atoms with van der Waals surface area (Å²) < 4.78 is 51.4. The fourth-order valence-electron chi connectivity index (χ4n) is 17.5. The third-order valence-corrected chi connectivity index (χ3v) is 25.5. The van der Waals surface area contributed by atoms with Gasteiger partial charge in [0.05, 0.1) is 76.7 Å². The minimum Gasteiger partial charge on any atom is -0.494 e. The molecule has 0 radical (unpaired) electrons. The number of hydrogen-bond acceptors (Lipinski definition) is 17. The second-order valence-electron chi connectivity index (χ2n) is 29.3. The van der Waals surface area contributed by atoms with Crippen LogP contribution in [0.15, 0.2) is 121 Å². The summed E-state index contributed by atoms with van der Waals surface area (Å²) in [5, 5.41) is 14.9. The van der Waals surface area contributed by atoms with Gasteiger partial charge in [0.2, 0.25) is 17.7 Å². The van der Waals surface area contributed by atoms with Crippen LogP contribution in [0.4, 0.5) is 35.0 Å². The molecule has 4 saturated heterocycles. The number of aromatic nitrogens is 7. The van der Waals surface area contributed by atoms with Gasteiger partial charge in [-0.3, -0.25) is 68.4 Å². The summed E-state index contributed by atoms with van der Waals surface area (Å²) in [6.45, 7) is 3.74. The number of imide groups is 2. The highest BCUT2D eigenvalue weighted by atomic mass is 35.5. The highest BCUT2D eigenvalue weighted by molar-refractivity contribution is 7.19. The molecule has 2 saturated carbocycles. The predicted octanol–water partition coefficient (Wildman–Crippen LogP) is 14.3. The van der Waals surface area contributed by atoms with E-state index in [1.54, 1.807) is 69.2 Å². The number of anilines is 3. The normalized spacial score (nSPS) is 23.7. The number of piperidine rings is 3. The molecule has 2 aliphatic carbocycles. The highest BCUT2D eigenvalue weighted by Gasteiger charge is 2.44. The molecule has 548 valence electrons. The number of nitrogens with zero attached hydrogens (tertiary/aromatic N) is 10. The summed E-state index contributed by atoms with van der Waals surface area (Å²) in [4.78, 5) is 122. The Balaban J connectivity index is 0.690. The maximum atomic E-state index is 14.5. The lowest BCUT2D eigenvalue weighted by atomic mass is 9.74. The van der Waals surface area contributed by atoms with Crippen LogP contribution in [0.25, 0.3) is 42.2 Å². The van der Waals surface area contributed by atoms with Crippen molar-refractivity contribution >= 4 is 129 Å². The number of likely N-dealkylation sites (tertiary alicyclic amines) is 2. The number of urea groups is 1. The Morgan fingerprint density at radius 2 is 1.33 bits per heavy atom. The van der Waals surface area contributed by atoms with E-state index in [2.05, 4.69) is 70.3 Å². The van der Waals surface area contributed by atoms with Gasteiger partial charge in [-0.15, -0.1) is 22.7 Å². The minimum atomic E-state index is -4.69. The lowest BCUT2D eigenvalue weighted by molar-refractivity contribution is -0.141. The third-order valence-electron chi connectivity index (χ3n) is 22.9. The zero-order valence-electron chi connectivity index (χ0n) is 58.4. The number of alkyl halides is 3. The van der Waals surface area contributed by atoms with Crippen molar-refractivity contribution in [3.63, 3.8) is 0 Å². The summed E-state index contributed by atoms with van der Waals surface area (Å²) >= 11 is 9.43. The van der Waals surface area contributed by atoms with Crippen LogP contribution < -0.4 is 36.6 Å². The molecule has 10 heterocycles. The molecule has 0 bridgehead atoms. The summed E-state index contributed by atoms with van der Waals surface area (Å²) in [6, 6.07) is 25.5. The Bertz CT molecular complexity index is 5200. The number of carbonyl (C=O) groups is 6. The van der Waals surface area contributed by atoms with Crippen molar-refractivity contribution in [2.45, 2.75) is 144 Å². The average molecular weight is 1500 g/mol. The Kier molecular flexibility index (Phi) is 19.6. The van der Waals surface area contributed by atoms with Crippen molar-refractivity contribution in [3.8, 4) is 5.75 Å². The number of fused-ring (bicyclic) bond motifs is 4. The molecule has 5 atom stereocenters. The average Bonchev–Trinajstić information content (AvgIpc) is 1.58. The van der Waals surface area contributed by atoms with Crippen molar-refractivity contribution in [2.75, 3.05) is 55.4 Å². The van der Waals surface area contributed by atoms with E-state index in [-0.39, 0.29) is 90.7 Å². The van der Waals surface area contributed by atoms with Crippen LogP contribution in [-0.2, 0) is 27.6 Å². The van der Waals surface area contributed by atoms with Crippen LogP contribution in [0.5, 0.6) is 5.75 Å². The first-order chi connectivity index (χ1) is 51.2. The van der Waals surface area contributed by atoms with E-state index in [0.717, 1.165) is 162 Å². The van der Waals surface area contributed by atoms with Crippen molar-refractivity contribution in [1.82, 2.24) is 54.5 Å². The summed E-state index contributed by atoms with van der Waals surface area (Å²) in [5.74, 6) is -0.264. The number of hydrogen-bond donors (Lipinski definition) is 4. The molecule has 28 heteroatoms.